The molecule has 0 amide bonds. The predicted octanol–water partition coefficient (Wildman–Crippen LogP) is 3.02. The first-order valence-corrected chi connectivity index (χ1v) is 7.18. The van der Waals surface area contributed by atoms with Gasteiger partial charge in [0.1, 0.15) is 12.2 Å². The number of ether oxygens (including phenoxy) is 3. The minimum absolute atomic E-state index is 0.107. The maximum Gasteiger partial charge on any atom is 0.509 e. The van der Waals surface area contributed by atoms with Crippen molar-refractivity contribution in [3.8, 4) is 0 Å². The van der Waals surface area contributed by atoms with Crippen molar-refractivity contribution in [3.05, 3.63) is 0 Å². The fourth-order valence-electron chi connectivity index (χ4n) is 2.45. The molecule has 17 heavy (non-hydrogen) atoms. The summed E-state index contributed by atoms with van der Waals surface area (Å²) in [5, 5.41) is 0. The fraction of sp³-hybridized carbons (Fsp3) is 0.917. The van der Waals surface area contributed by atoms with Crippen molar-refractivity contribution < 1.29 is 19.0 Å². The summed E-state index contributed by atoms with van der Waals surface area (Å²) in [6, 6.07) is 0. The first kappa shape index (κ1) is 13.1. The van der Waals surface area contributed by atoms with Crippen LogP contribution in [0.5, 0.6) is 0 Å². The largest absolute Gasteiger partial charge is 0.509 e. The Kier molecular flexibility index (Phi) is 4.31. The Balaban J connectivity index is 2.08. The average molecular weight is 307 g/mol. The van der Waals surface area contributed by atoms with Crippen molar-refractivity contribution in [2.45, 2.75) is 68.8 Å². The molecule has 0 bridgehead atoms. The fourth-order valence-corrected chi connectivity index (χ4v) is 3.31. The van der Waals surface area contributed by atoms with Gasteiger partial charge in [0.25, 0.3) is 0 Å². The molecular formula is C12H19BrO4. The summed E-state index contributed by atoms with van der Waals surface area (Å²) in [4.78, 5) is 11.4. The lowest BCUT2D eigenvalue weighted by Gasteiger charge is -2.24. The van der Waals surface area contributed by atoms with E-state index in [1.807, 2.05) is 0 Å². The van der Waals surface area contributed by atoms with Crippen LogP contribution < -0.4 is 0 Å². The van der Waals surface area contributed by atoms with Crippen LogP contribution in [0.15, 0.2) is 0 Å². The highest BCUT2D eigenvalue weighted by Crippen LogP contribution is 2.31. The lowest BCUT2D eigenvalue weighted by molar-refractivity contribution is -0.0104. The molecule has 0 aliphatic carbocycles. The van der Waals surface area contributed by atoms with Gasteiger partial charge in [-0.3, -0.25) is 0 Å². The van der Waals surface area contributed by atoms with Gasteiger partial charge in [-0.05, 0) is 26.2 Å². The Hall–Kier alpha value is -0.290. The molecular weight excluding hydrogens is 288 g/mol. The third-order valence-corrected chi connectivity index (χ3v) is 4.40. The second-order valence-corrected chi connectivity index (χ2v) is 5.96. The summed E-state index contributed by atoms with van der Waals surface area (Å²) in [6.45, 7) is 4.18. The molecule has 0 N–H and O–H groups in total. The summed E-state index contributed by atoms with van der Waals surface area (Å²) in [5.74, 6) is 0. The molecule has 2 aliphatic heterocycles. The molecule has 0 saturated carbocycles. The van der Waals surface area contributed by atoms with Gasteiger partial charge in [-0.2, -0.15) is 0 Å². The molecule has 2 fully saturated rings. The van der Waals surface area contributed by atoms with E-state index in [0.717, 1.165) is 25.7 Å². The highest BCUT2D eigenvalue weighted by atomic mass is 79.9. The number of fused-ring (bicyclic) bond motifs is 1. The molecule has 5 heteroatoms. The Labute approximate surface area is 110 Å². The van der Waals surface area contributed by atoms with Gasteiger partial charge in [0.15, 0.2) is 0 Å². The van der Waals surface area contributed by atoms with Crippen LogP contribution in [-0.2, 0) is 14.2 Å². The Morgan fingerprint density at radius 3 is 2.71 bits per heavy atom. The molecule has 2 heterocycles. The third-order valence-electron chi connectivity index (χ3n) is 3.44. The van der Waals surface area contributed by atoms with E-state index in [1.165, 1.54) is 0 Å². The van der Waals surface area contributed by atoms with Gasteiger partial charge in [-0.15, -0.1) is 0 Å². The number of carbonyl (C=O) groups excluding carboxylic acids is 1. The average Bonchev–Trinajstić information content (AvgIpc) is 2.63. The molecule has 0 radical (unpaired) electrons. The number of hydrogen-bond donors (Lipinski definition) is 0. The van der Waals surface area contributed by atoms with E-state index in [-0.39, 0.29) is 29.2 Å². The van der Waals surface area contributed by atoms with E-state index < -0.39 is 6.16 Å². The zero-order valence-corrected chi connectivity index (χ0v) is 11.8. The standard InChI is InChI=1S/C12H19BrO4/c1-3-9-8(13)6-11-10(16-12(14)17-11)5-4-7(2)15-9/h7-11H,3-6H2,1-2H3/t7-,8-,9+,10-,11+/m0/s1. The molecule has 4 nitrogen and oxygen atoms in total. The van der Waals surface area contributed by atoms with Crippen molar-refractivity contribution in [2.24, 2.45) is 0 Å². The van der Waals surface area contributed by atoms with Gasteiger partial charge in [0.2, 0.25) is 0 Å². The Morgan fingerprint density at radius 1 is 1.29 bits per heavy atom. The van der Waals surface area contributed by atoms with E-state index in [4.69, 9.17) is 14.2 Å². The summed E-state index contributed by atoms with van der Waals surface area (Å²) in [6.07, 6.45) is 3.01. The van der Waals surface area contributed by atoms with Crippen LogP contribution in [0.3, 0.4) is 0 Å². The lowest BCUT2D eigenvalue weighted by Crippen LogP contribution is -2.31. The Morgan fingerprint density at radius 2 is 2.00 bits per heavy atom. The van der Waals surface area contributed by atoms with Gasteiger partial charge < -0.3 is 14.2 Å². The molecule has 98 valence electrons. The van der Waals surface area contributed by atoms with E-state index in [0.29, 0.717) is 0 Å². The lowest BCUT2D eigenvalue weighted by atomic mass is 10.0. The SMILES string of the molecule is CC[C@H]1O[C@@H](C)CC[C@@H]2OC(=O)O[C@@H]2C[C@@H]1Br. The molecule has 2 saturated heterocycles. The highest BCUT2D eigenvalue weighted by molar-refractivity contribution is 9.09. The Bertz CT molecular complexity index is 284. The number of alkyl halides is 1. The maximum atomic E-state index is 11.2. The van der Waals surface area contributed by atoms with Gasteiger partial charge >= 0.3 is 6.16 Å². The number of hydrogen-bond acceptors (Lipinski definition) is 4. The van der Waals surface area contributed by atoms with Gasteiger partial charge in [0.05, 0.1) is 12.2 Å². The predicted molar refractivity (Wildman–Crippen MR) is 66.3 cm³/mol. The highest BCUT2D eigenvalue weighted by Gasteiger charge is 2.40. The van der Waals surface area contributed by atoms with E-state index in [1.54, 1.807) is 0 Å². The van der Waals surface area contributed by atoms with Crippen molar-refractivity contribution >= 4 is 22.1 Å². The quantitative estimate of drug-likeness (QED) is 0.552. The molecule has 2 aliphatic rings. The second kappa shape index (κ2) is 5.57. The molecule has 2 rings (SSSR count). The third kappa shape index (κ3) is 3.13. The number of rotatable bonds is 1. The molecule has 0 aromatic carbocycles. The van der Waals surface area contributed by atoms with Crippen molar-refractivity contribution in [2.75, 3.05) is 0 Å². The summed E-state index contributed by atoms with van der Waals surface area (Å²) < 4.78 is 16.4. The van der Waals surface area contributed by atoms with Crippen molar-refractivity contribution in [1.29, 1.82) is 0 Å². The molecule has 5 atom stereocenters. The van der Waals surface area contributed by atoms with Gasteiger partial charge in [0, 0.05) is 11.2 Å². The molecule has 0 aromatic heterocycles. The minimum atomic E-state index is -0.526. The second-order valence-electron chi connectivity index (χ2n) is 4.79. The summed E-state index contributed by atoms with van der Waals surface area (Å²) in [7, 11) is 0. The first-order valence-electron chi connectivity index (χ1n) is 6.27. The van der Waals surface area contributed by atoms with Gasteiger partial charge in [-0.1, -0.05) is 22.9 Å². The number of carbonyl (C=O) groups is 1. The van der Waals surface area contributed by atoms with E-state index in [9.17, 15) is 4.79 Å². The monoisotopic (exact) mass is 306 g/mol. The number of halogens is 1. The van der Waals surface area contributed by atoms with Crippen LogP contribution in [0.2, 0.25) is 0 Å². The van der Waals surface area contributed by atoms with Crippen LogP contribution in [0, 0.1) is 0 Å². The topological polar surface area (TPSA) is 44.8 Å². The summed E-state index contributed by atoms with van der Waals surface area (Å²) in [5.41, 5.74) is 0. The van der Waals surface area contributed by atoms with Crippen LogP contribution >= 0.6 is 15.9 Å². The molecule has 0 aromatic rings. The molecule has 0 unspecified atom stereocenters. The first-order chi connectivity index (χ1) is 8.10. The van der Waals surface area contributed by atoms with Crippen LogP contribution in [-0.4, -0.2) is 35.4 Å². The van der Waals surface area contributed by atoms with Crippen LogP contribution in [0.4, 0.5) is 4.79 Å². The minimum Gasteiger partial charge on any atom is -0.427 e. The normalized spacial score (nSPS) is 42.8. The zero-order valence-electron chi connectivity index (χ0n) is 10.2. The summed E-state index contributed by atoms with van der Waals surface area (Å²) >= 11 is 3.65. The van der Waals surface area contributed by atoms with E-state index >= 15 is 0 Å². The molecule has 0 spiro atoms. The zero-order chi connectivity index (χ0) is 12.4. The maximum absolute atomic E-state index is 11.2. The van der Waals surface area contributed by atoms with Crippen molar-refractivity contribution in [3.63, 3.8) is 0 Å². The van der Waals surface area contributed by atoms with Crippen LogP contribution in [0.25, 0.3) is 0 Å². The smallest absolute Gasteiger partial charge is 0.427 e. The van der Waals surface area contributed by atoms with E-state index in [2.05, 4.69) is 29.8 Å². The van der Waals surface area contributed by atoms with Crippen LogP contribution in [0.1, 0.15) is 39.5 Å². The van der Waals surface area contributed by atoms with Gasteiger partial charge in [-0.25, -0.2) is 4.79 Å². The van der Waals surface area contributed by atoms with Crippen molar-refractivity contribution in [1.82, 2.24) is 0 Å².